The third-order valence-corrected chi connectivity index (χ3v) is 5.28. The van der Waals surface area contributed by atoms with Crippen LogP contribution >= 0.6 is 11.8 Å². The third-order valence-electron chi connectivity index (χ3n) is 4.31. The summed E-state index contributed by atoms with van der Waals surface area (Å²) in [6.45, 7) is 2.58. The lowest BCUT2D eigenvalue weighted by atomic mass is 10.2. The van der Waals surface area contributed by atoms with Gasteiger partial charge in [0.05, 0.1) is 16.7 Å². The van der Waals surface area contributed by atoms with E-state index in [1.54, 1.807) is 16.7 Å². The van der Waals surface area contributed by atoms with E-state index in [4.69, 9.17) is 4.42 Å². The van der Waals surface area contributed by atoms with E-state index >= 15 is 0 Å². The van der Waals surface area contributed by atoms with Gasteiger partial charge in [-0.3, -0.25) is 14.2 Å². The zero-order chi connectivity index (χ0) is 18.8. The van der Waals surface area contributed by atoms with Crippen LogP contribution in [0.4, 0.5) is 0 Å². The predicted molar refractivity (Wildman–Crippen MR) is 108 cm³/mol. The first-order valence-electron chi connectivity index (χ1n) is 8.81. The number of ketones is 1. The molecule has 0 aliphatic rings. The van der Waals surface area contributed by atoms with Crippen molar-refractivity contribution < 1.29 is 9.21 Å². The van der Waals surface area contributed by atoms with Crippen LogP contribution in [0, 0.1) is 0 Å². The lowest BCUT2D eigenvalue weighted by Crippen LogP contribution is -2.23. The van der Waals surface area contributed by atoms with Crippen LogP contribution in [0.2, 0.25) is 0 Å². The molecule has 136 valence electrons. The first-order chi connectivity index (χ1) is 13.2. The minimum Gasteiger partial charge on any atom is -0.453 e. The van der Waals surface area contributed by atoms with E-state index in [-0.39, 0.29) is 17.1 Å². The molecule has 2 aromatic heterocycles. The van der Waals surface area contributed by atoms with Crippen LogP contribution in [-0.2, 0) is 6.54 Å². The highest BCUT2D eigenvalue weighted by Crippen LogP contribution is 2.23. The quantitative estimate of drug-likeness (QED) is 0.280. The number of carbonyl (C=O) groups excluding carboxylic acids is 1. The van der Waals surface area contributed by atoms with Gasteiger partial charge < -0.3 is 4.42 Å². The summed E-state index contributed by atoms with van der Waals surface area (Å²) in [5.74, 6) is 0.365. The van der Waals surface area contributed by atoms with Crippen molar-refractivity contribution in [1.82, 2.24) is 9.55 Å². The van der Waals surface area contributed by atoms with Crippen molar-refractivity contribution in [2.75, 3.05) is 5.75 Å². The van der Waals surface area contributed by atoms with Crippen LogP contribution < -0.4 is 5.56 Å². The fourth-order valence-electron chi connectivity index (χ4n) is 3.00. The summed E-state index contributed by atoms with van der Waals surface area (Å²) in [5, 5.41) is 2.06. The SMILES string of the molecule is CCCn1c(SCC(=O)c2cc3ccccc3o2)nc2ccccc2c1=O. The second kappa shape index (κ2) is 7.40. The molecule has 0 fully saturated rings. The van der Waals surface area contributed by atoms with E-state index < -0.39 is 0 Å². The van der Waals surface area contributed by atoms with Crippen LogP contribution in [0.1, 0.15) is 23.9 Å². The van der Waals surface area contributed by atoms with Gasteiger partial charge in [-0.25, -0.2) is 4.98 Å². The Labute approximate surface area is 160 Å². The van der Waals surface area contributed by atoms with Crippen molar-refractivity contribution in [3.05, 3.63) is 70.7 Å². The second-order valence-electron chi connectivity index (χ2n) is 6.23. The first-order valence-corrected chi connectivity index (χ1v) is 9.80. The maximum atomic E-state index is 12.8. The summed E-state index contributed by atoms with van der Waals surface area (Å²) in [6.07, 6.45) is 0.811. The van der Waals surface area contributed by atoms with Gasteiger partial charge in [-0.15, -0.1) is 0 Å². The minimum absolute atomic E-state index is 0.0684. The topological polar surface area (TPSA) is 65.1 Å². The highest BCUT2D eigenvalue weighted by atomic mass is 32.2. The fraction of sp³-hybridized carbons (Fsp3) is 0.190. The van der Waals surface area contributed by atoms with E-state index in [1.165, 1.54) is 11.8 Å². The molecule has 2 heterocycles. The average molecular weight is 378 g/mol. The normalized spacial score (nSPS) is 11.3. The number of Topliss-reactive ketones (excluding diaryl/α,β-unsaturated/α-hetero) is 1. The molecular weight excluding hydrogens is 360 g/mol. The van der Waals surface area contributed by atoms with Crippen molar-refractivity contribution in [2.45, 2.75) is 25.0 Å². The Morgan fingerprint density at radius 2 is 1.93 bits per heavy atom. The van der Waals surface area contributed by atoms with E-state index in [2.05, 4.69) is 4.98 Å². The number of thioether (sulfide) groups is 1. The molecule has 0 aliphatic carbocycles. The van der Waals surface area contributed by atoms with Crippen LogP contribution in [0.25, 0.3) is 21.9 Å². The highest BCUT2D eigenvalue weighted by Gasteiger charge is 2.16. The number of hydrogen-bond donors (Lipinski definition) is 0. The summed E-state index contributed by atoms with van der Waals surface area (Å²) in [4.78, 5) is 30.0. The Balaban J connectivity index is 1.63. The highest BCUT2D eigenvalue weighted by molar-refractivity contribution is 7.99. The van der Waals surface area contributed by atoms with Crippen molar-refractivity contribution >= 4 is 39.4 Å². The molecular formula is C21H18N2O3S. The van der Waals surface area contributed by atoms with Gasteiger partial charge in [0.1, 0.15) is 5.58 Å². The predicted octanol–water partition coefficient (Wildman–Crippen LogP) is 4.53. The zero-order valence-electron chi connectivity index (χ0n) is 14.8. The molecule has 0 unspecified atom stereocenters. The Bertz CT molecular complexity index is 1160. The van der Waals surface area contributed by atoms with E-state index in [1.807, 2.05) is 49.4 Å². The molecule has 0 bridgehead atoms. The molecule has 0 saturated carbocycles. The number of aromatic nitrogens is 2. The van der Waals surface area contributed by atoms with Gasteiger partial charge in [-0.05, 0) is 30.7 Å². The number of benzene rings is 2. The number of furan rings is 1. The van der Waals surface area contributed by atoms with Crippen molar-refractivity contribution in [3.63, 3.8) is 0 Å². The fourth-order valence-corrected chi connectivity index (χ4v) is 3.89. The molecule has 0 radical (unpaired) electrons. The molecule has 0 spiro atoms. The van der Waals surface area contributed by atoms with Gasteiger partial charge in [0.15, 0.2) is 10.9 Å². The Morgan fingerprint density at radius 1 is 1.15 bits per heavy atom. The molecule has 0 saturated heterocycles. The van der Waals surface area contributed by atoms with Gasteiger partial charge in [0.25, 0.3) is 5.56 Å². The zero-order valence-corrected chi connectivity index (χ0v) is 15.7. The smallest absolute Gasteiger partial charge is 0.262 e. The lowest BCUT2D eigenvalue weighted by molar-refractivity contribution is 0.0994. The standard InChI is InChI=1S/C21H18N2O3S/c1-2-11-23-20(25)15-8-4-5-9-16(15)22-21(23)27-13-17(24)19-12-14-7-3-6-10-18(14)26-19/h3-10,12H,2,11,13H2,1H3. The number of para-hydroxylation sites is 2. The Hall–Kier alpha value is -2.86. The second-order valence-corrected chi connectivity index (χ2v) is 7.17. The first kappa shape index (κ1) is 17.5. The van der Waals surface area contributed by atoms with Crippen LogP contribution in [0.15, 0.2) is 69.0 Å². The van der Waals surface area contributed by atoms with Gasteiger partial charge in [-0.1, -0.05) is 49.0 Å². The number of hydrogen-bond acceptors (Lipinski definition) is 5. The molecule has 27 heavy (non-hydrogen) atoms. The number of carbonyl (C=O) groups is 1. The summed E-state index contributed by atoms with van der Waals surface area (Å²) < 4.78 is 7.29. The van der Waals surface area contributed by atoms with Gasteiger partial charge in [0.2, 0.25) is 5.78 Å². The number of nitrogens with zero attached hydrogens (tertiary/aromatic N) is 2. The molecule has 0 atom stereocenters. The Kier molecular flexibility index (Phi) is 4.81. The molecule has 6 heteroatoms. The molecule has 0 aliphatic heterocycles. The number of rotatable bonds is 6. The minimum atomic E-state index is -0.123. The van der Waals surface area contributed by atoms with Crippen molar-refractivity contribution in [1.29, 1.82) is 0 Å². The van der Waals surface area contributed by atoms with E-state index in [9.17, 15) is 9.59 Å². The summed E-state index contributed by atoms with van der Waals surface area (Å²) >= 11 is 1.27. The molecule has 5 nitrogen and oxygen atoms in total. The molecule has 4 rings (SSSR count). The average Bonchev–Trinajstić information content (AvgIpc) is 3.13. The van der Waals surface area contributed by atoms with E-state index in [0.717, 1.165) is 11.8 Å². The van der Waals surface area contributed by atoms with Crippen LogP contribution in [0.5, 0.6) is 0 Å². The molecule has 4 aromatic rings. The lowest BCUT2D eigenvalue weighted by Gasteiger charge is -2.11. The molecule has 2 aromatic carbocycles. The summed E-state index contributed by atoms with van der Waals surface area (Å²) in [5.41, 5.74) is 1.27. The van der Waals surface area contributed by atoms with E-state index in [0.29, 0.717) is 33.9 Å². The van der Waals surface area contributed by atoms with Crippen molar-refractivity contribution in [2.24, 2.45) is 0 Å². The van der Waals surface area contributed by atoms with Gasteiger partial charge >= 0.3 is 0 Å². The largest absolute Gasteiger partial charge is 0.453 e. The van der Waals surface area contributed by atoms with Crippen molar-refractivity contribution in [3.8, 4) is 0 Å². The van der Waals surface area contributed by atoms with Crippen LogP contribution in [-0.4, -0.2) is 21.1 Å². The summed E-state index contributed by atoms with van der Waals surface area (Å²) in [7, 11) is 0. The van der Waals surface area contributed by atoms with Gasteiger partial charge in [0, 0.05) is 11.9 Å². The molecule has 0 amide bonds. The van der Waals surface area contributed by atoms with Gasteiger partial charge in [-0.2, -0.15) is 0 Å². The molecule has 0 N–H and O–H groups in total. The monoisotopic (exact) mass is 378 g/mol. The van der Waals surface area contributed by atoms with Crippen LogP contribution in [0.3, 0.4) is 0 Å². The Morgan fingerprint density at radius 3 is 2.74 bits per heavy atom. The maximum absolute atomic E-state index is 12.8. The third kappa shape index (κ3) is 3.40. The number of fused-ring (bicyclic) bond motifs is 2. The summed E-state index contributed by atoms with van der Waals surface area (Å²) in [6, 6.07) is 16.6. The maximum Gasteiger partial charge on any atom is 0.262 e.